The maximum atomic E-state index is 13.9. The summed E-state index contributed by atoms with van der Waals surface area (Å²) in [4.78, 5) is 30.7. The van der Waals surface area contributed by atoms with Gasteiger partial charge in [-0.15, -0.1) is 0 Å². The lowest BCUT2D eigenvalue weighted by Crippen LogP contribution is -2.42. The fourth-order valence-electron chi connectivity index (χ4n) is 4.63. The van der Waals surface area contributed by atoms with Crippen LogP contribution in [0, 0.1) is 10.1 Å². The Morgan fingerprint density at radius 1 is 1.00 bits per heavy atom. The van der Waals surface area contributed by atoms with Crippen LogP contribution in [0.4, 0.5) is 11.6 Å². The number of anilines is 1. The van der Waals surface area contributed by atoms with E-state index in [0.717, 1.165) is 11.1 Å². The lowest BCUT2D eigenvalue weighted by Gasteiger charge is -2.39. The van der Waals surface area contributed by atoms with E-state index < -0.39 is 16.9 Å². The molecule has 0 spiro atoms. The number of carbonyl (C=O) groups excluding carboxylic acids is 1. The Balaban J connectivity index is 1.66. The van der Waals surface area contributed by atoms with Gasteiger partial charge in [0, 0.05) is 23.3 Å². The van der Waals surface area contributed by atoms with Crippen LogP contribution in [0.3, 0.4) is 0 Å². The van der Waals surface area contributed by atoms with Crippen LogP contribution in [-0.4, -0.2) is 39.8 Å². The smallest absolute Gasteiger partial charge is 0.270 e. The Morgan fingerprint density at radius 2 is 1.78 bits per heavy atom. The average Bonchev–Trinajstić information content (AvgIpc) is 3.42. The maximum Gasteiger partial charge on any atom is 0.270 e. The van der Waals surface area contributed by atoms with Crippen LogP contribution in [0.15, 0.2) is 79.1 Å². The molecule has 1 aliphatic heterocycles. The second kappa shape index (κ2) is 9.49. The molecule has 3 aromatic carbocycles. The topological polar surface area (TPSA) is 113 Å². The third kappa shape index (κ3) is 4.02. The first-order valence-electron chi connectivity index (χ1n) is 11.3. The van der Waals surface area contributed by atoms with Crippen molar-refractivity contribution in [1.29, 1.82) is 0 Å². The maximum absolute atomic E-state index is 13.9. The quantitative estimate of drug-likeness (QED) is 0.290. The first-order chi connectivity index (χ1) is 17.5. The van der Waals surface area contributed by atoms with Gasteiger partial charge in [0.05, 0.1) is 31.2 Å². The molecule has 0 fully saturated rings. The van der Waals surface area contributed by atoms with Gasteiger partial charge >= 0.3 is 0 Å². The Bertz CT molecular complexity index is 1420. The van der Waals surface area contributed by atoms with Gasteiger partial charge in [0.15, 0.2) is 0 Å². The molecule has 5 rings (SSSR count). The number of para-hydroxylation sites is 1. The fourth-order valence-corrected chi connectivity index (χ4v) is 4.63. The van der Waals surface area contributed by atoms with Crippen molar-refractivity contribution in [2.45, 2.75) is 18.5 Å². The molecule has 2 heterocycles. The van der Waals surface area contributed by atoms with Crippen molar-refractivity contribution in [2.24, 2.45) is 0 Å². The minimum atomic E-state index is -0.520. The van der Waals surface area contributed by atoms with E-state index in [-0.39, 0.29) is 17.3 Å². The summed E-state index contributed by atoms with van der Waals surface area (Å²) in [5, 5.41) is 15.8. The SMILES string of the molecule is COc1ccc([C@H]2C[C@H](c3ccccc3OC)n3ncnc3N2C(=O)c2cccc([N+](=O)[O-])c2)cc1. The van der Waals surface area contributed by atoms with E-state index in [0.29, 0.717) is 23.9 Å². The summed E-state index contributed by atoms with van der Waals surface area (Å²) >= 11 is 0. The molecule has 0 saturated carbocycles. The molecular formula is C26H23N5O5. The number of rotatable bonds is 6. The molecule has 182 valence electrons. The van der Waals surface area contributed by atoms with E-state index in [2.05, 4.69) is 10.1 Å². The summed E-state index contributed by atoms with van der Waals surface area (Å²) in [7, 11) is 3.21. The summed E-state index contributed by atoms with van der Waals surface area (Å²) in [6.07, 6.45) is 1.88. The van der Waals surface area contributed by atoms with Crippen LogP contribution in [0.2, 0.25) is 0 Å². The third-order valence-electron chi connectivity index (χ3n) is 6.34. The number of hydrogen-bond acceptors (Lipinski definition) is 7. The molecule has 4 aromatic rings. The van der Waals surface area contributed by atoms with Crippen LogP contribution in [0.1, 0.15) is 40.0 Å². The number of methoxy groups -OCH3 is 2. The van der Waals surface area contributed by atoms with E-state index in [1.165, 1.54) is 24.5 Å². The number of amides is 1. The highest BCUT2D eigenvalue weighted by atomic mass is 16.6. The van der Waals surface area contributed by atoms with Gasteiger partial charge in [-0.2, -0.15) is 10.1 Å². The van der Waals surface area contributed by atoms with Gasteiger partial charge in [-0.3, -0.25) is 19.8 Å². The molecule has 0 aliphatic carbocycles. The lowest BCUT2D eigenvalue weighted by molar-refractivity contribution is -0.384. The molecule has 1 aliphatic rings. The minimum Gasteiger partial charge on any atom is -0.497 e. The molecule has 10 heteroatoms. The summed E-state index contributed by atoms with van der Waals surface area (Å²) in [6.45, 7) is 0. The Kier molecular flexibility index (Phi) is 6.07. The van der Waals surface area contributed by atoms with E-state index in [1.807, 2.05) is 48.5 Å². The van der Waals surface area contributed by atoms with Crippen molar-refractivity contribution < 1.29 is 19.2 Å². The van der Waals surface area contributed by atoms with Crippen molar-refractivity contribution in [3.05, 3.63) is 106 Å². The van der Waals surface area contributed by atoms with Gasteiger partial charge in [-0.1, -0.05) is 36.4 Å². The van der Waals surface area contributed by atoms with Crippen LogP contribution in [0.25, 0.3) is 0 Å². The van der Waals surface area contributed by atoms with E-state index >= 15 is 0 Å². The molecule has 1 aromatic heterocycles. The number of nitro benzene ring substituents is 1. The molecule has 0 bridgehead atoms. The summed E-state index contributed by atoms with van der Waals surface area (Å²) < 4.78 is 12.6. The van der Waals surface area contributed by atoms with Crippen LogP contribution in [0.5, 0.6) is 11.5 Å². The number of nitro groups is 1. The highest BCUT2D eigenvalue weighted by Gasteiger charge is 2.40. The molecular weight excluding hydrogens is 462 g/mol. The van der Waals surface area contributed by atoms with Gasteiger partial charge in [-0.25, -0.2) is 4.68 Å². The van der Waals surface area contributed by atoms with Crippen molar-refractivity contribution in [3.63, 3.8) is 0 Å². The van der Waals surface area contributed by atoms with Gasteiger partial charge < -0.3 is 9.47 Å². The van der Waals surface area contributed by atoms with E-state index in [9.17, 15) is 14.9 Å². The van der Waals surface area contributed by atoms with Crippen LogP contribution >= 0.6 is 0 Å². The zero-order chi connectivity index (χ0) is 25.2. The van der Waals surface area contributed by atoms with Crippen molar-refractivity contribution in [2.75, 3.05) is 19.1 Å². The second-order valence-corrected chi connectivity index (χ2v) is 8.27. The predicted molar refractivity (Wildman–Crippen MR) is 131 cm³/mol. The largest absolute Gasteiger partial charge is 0.497 e. The zero-order valence-electron chi connectivity index (χ0n) is 19.6. The normalized spacial score (nSPS) is 16.8. The van der Waals surface area contributed by atoms with Crippen molar-refractivity contribution in [1.82, 2.24) is 14.8 Å². The first kappa shape index (κ1) is 23.0. The standard InChI is InChI=1S/C26H23N5O5/c1-35-20-12-10-17(11-13-20)22-15-23(21-8-3-4-9-24(21)36-2)30-26(27-16-28-30)29(22)25(32)18-6-5-7-19(14-18)31(33)34/h3-14,16,22-23H,15H2,1-2H3/t22-,23-/m1/s1. The van der Waals surface area contributed by atoms with Gasteiger partial charge in [0.2, 0.25) is 5.95 Å². The summed E-state index contributed by atoms with van der Waals surface area (Å²) in [5.74, 6) is 1.33. The Hall–Kier alpha value is -4.73. The number of fused-ring (bicyclic) bond motifs is 1. The number of non-ortho nitro benzene ring substituents is 1. The van der Waals surface area contributed by atoms with Crippen molar-refractivity contribution in [3.8, 4) is 11.5 Å². The van der Waals surface area contributed by atoms with Crippen molar-refractivity contribution >= 4 is 17.5 Å². The summed E-state index contributed by atoms with van der Waals surface area (Å²) in [5.41, 5.74) is 1.80. The number of carbonyl (C=O) groups is 1. The summed E-state index contributed by atoms with van der Waals surface area (Å²) in [6, 6.07) is 20.2. The number of ether oxygens (including phenoxy) is 2. The molecule has 2 atom stereocenters. The fraction of sp³-hybridized carbons (Fsp3) is 0.192. The molecule has 0 N–H and O–H groups in total. The number of nitrogens with zero attached hydrogens (tertiary/aromatic N) is 5. The molecule has 0 unspecified atom stereocenters. The monoisotopic (exact) mass is 485 g/mol. The number of hydrogen-bond donors (Lipinski definition) is 0. The lowest BCUT2D eigenvalue weighted by atomic mass is 9.91. The second-order valence-electron chi connectivity index (χ2n) is 8.27. The van der Waals surface area contributed by atoms with Crippen LogP contribution < -0.4 is 14.4 Å². The molecule has 10 nitrogen and oxygen atoms in total. The highest BCUT2D eigenvalue weighted by molar-refractivity contribution is 6.06. The van der Waals surface area contributed by atoms with Gasteiger partial charge in [0.1, 0.15) is 17.8 Å². The molecule has 0 saturated heterocycles. The van der Waals surface area contributed by atoms with Gasteiger partial charge in [0.25, 0.3) is 11.6 Å². The van der Waals surface area contributed by atoms with E-state index in [4.69, 9.17) is 9.47 Å². The average molecular weight is 486 g/mol. The molecule has 1 amide bonds. The van der Waals surface area contributed by atoms with Crippen LogP contribution in [-0.2, 0) is 0 Å². The van der Waals surface area contributed by atoms with Gasteiger partial charge in [-0.05, 0) is 36.2 Å². The number of benzene rings is 3. The van der Waals surface area contributed by atoms with E-state index in [1.54, 1.807) is 29.9 Å². The highest BCUT2D eigenvalue weighted by Crippen LogP contribution is 2.44. The minimum absolute atomic E-state index is 0.160. The Morgan fingerprint density at radius 3 is 2.50 bits per heavy atom. The molecule has 36 heavy (non-hydrogen) atoms. The number of aromatic nitrogens is 3. The third-order valence-corrected chi connectivity index (χ3v) is 6.34. The molecule has 0 radical (unpaired) electrons. The zero-order valence-corrected chi connectivity index (χ0v) is 19.6. The first-order valence-corrected chi connectivity index (χ1v) is 11.3. The Labute approximate surface area is 206 Å². The predicted octanol–water partition coefficient (Wildman–Crippen LogP) is 4.58.